The second-order valence-corrected chi connectivity index (χ2v) is 6.51. The number of ether oxygens (including phenoxy) is 1. The Labute approximate surface area is 132 Å². The Bertz CT molecular complexity index is 738. The topological polar surface area (TPSA) is 59.5 Å². The minimum Gasteiger partial charge on any atom is -0.465 e. The largest absolute Gasteiger partial charge is 0.465 e. The lowest BCUT2D eigenvalue weighted by atomic mass is 9.90. The predicted octanol–water partition coefficient (Wildman–Crippen LogP) is 2.75. The Hall–Kier alpha value is -2.21. The Balaban J connectivity index is 2.06. The molecule has 5 nitrogen and oxygen atoms in total. The molecule has 0 spiro atoms. The minimum atomic E-state index is -0.694. The maximum atomic E-state index is 12.7. The standard InChI is InChI=1S/C16H16N2O3S/c1-16(2)13-12(6-11(7-17-13)14(19)21-3)18(15(16)20)8-10-4-5-22-9-10/h4-7,9H,8H2,1-3H3. The summed E-state index contributed by atoms with van der Waals surface area (Å²) in [5.74, 6) is -0.467. The van der Waals surface area contributed by atoms with Crippen molar-refractivity contribution in [2.45, 2.75) is 25.8 Å². The van der Waals surface area contributed by atoms with Gasteiger partial charge in [0, 0.05) is 6.20 Å². The predicted molar refractivity (Wildman–Crippen MR) is 84.1 cm³/mol. The number of fused-ring (bicyclic) bond motifs is 1. The van der Waals surface area contributed by atoms with Gasteiger partial charge in [-0.3, -0.25) is 9.78 Å². The van der Waals surface area contributed by atoms with E-state index in [1.165, 1.54) is 13.3 Å². The van der Waals surface area contributed by atoms with Gasteiger partial charge in [0.05, 0.1) is 36.0 Å². The van der Waals surface area contributed by atoms with Crippen LogP contribution in [0.4, 0.5) is 5.69 Å². The van der Waals surface area contributed by atoms with Gasteiger partial charge in [-0.1, -0.05) is 0 Å². The summed E-state index contributed by atoms with van der Waals surface area (Å²) < 4.78 is 4.74. The zero-order chi connectivity index (χ0) is 15.9. The lowest BCUT2D eigenvalue weighted by Gasteiger charge is -2.19. The van der Waals surface area contributed by atoms with Gasteiger partial charge >= 0.3 is 5.97 Å². The summed E-state index contributed by atoms with van der Waals surface area (Å²) in [6.45, 7) is 4.18. The van der Waals surface area contributed by atoms with Gasteiger partial charge in [-0.25, -0.2) is 4.79 Å². The zero-order valence-corrected chi connectivity index (χ0v) is 13.4. The molecule has 3 heterocycles. The first-order chi connectivity index (χ1) is 10.4. The molecule has 0 unspecified atom stereocenters. The third kappa shape index (κ3) is 2.20. The number of thiophene rings is 1. The molecule has 0 bridgehead atoms. The van der Waals surface area contributed by atoms with Gasteiger partial charge < -0.3 is 9.64 Å². The molecule has 1 aliphatic rings. The average Bonchev–Trinajstić information content (AvgIpc) is 3.08. The number of carbonyl (C=O) groups excluding carboxylic acids is 2. The van der Waals surface area contributed by atoms with Gasteiger partial charge in [0.2, 0.25) is 5.91 Å². The van der Waals surface area contributed by atoms with E-state index in [-0.39, 0.29) is 5.91 Å². The number of amides is 1. The fourth-order valence-electron chi connectivity index (χ4n) is 2.64. The lowest BCUT2D eigenvalue weighted by Crippen LogP contribution is -2.35. The zero-order valence-electron chi connectivity index (χ0n) is 12.6. The number of rotatable bonds is 3. The van der Waals surface area contributed by atoms with Crippen molar-refractivity contribution >= 4 is 28.9 Å². The molecule has 0 fully saturated rings. The van der Waals surface area contributed by atoms with Crippen LogP contribution in [-0.4, -0.2) is 24.0 Å². The number of hydrogen-bond acceptors (Lipinski definition) is 5. The summed E-state index contributed by atoms with van der Waals surface area (Å²) in [7, 11) is 1.33. The van der Waals surface area contributed by atoms with E-state index >= 15 is 0 Å². The first-order valence-electron chi connectivity index (χ1n) is 6.87. The SMILES string of the molecule is COC(=O)c1cnc2c(c1)N(Cc1ccsc1)C(=O)C2(C)C. The van der Waals surface area contributed by atoms with Crippen LogP contribution < -0.4 is 4.90 Å². The van der Waals surface area contributed by atoms with Crippen LogP contribution in [0.1, 0.15) is 35.5 Å². The third-order valence-electron chi connectivity index (χ3n) is 3.87. The number of methoxy groups -OCH3 is 1. The number of pyridine rings is 1. The molecule has 114 valence electrons. The van der Waals surface area contributed by atoms with Gasteiger partial charge in [0.15, 0.2) is 0 Å². The molecule has 0 saturated heterocycles. The molecule has 0 N–H and O–H groups in total. The Morgan fingerprint density at radius 3 is 2.86 bits per heavy atom. The number of nitrogens with zero attached hydrogens (tertiary/aromatic N) is 2. The van der Waals surface area contributed by atoms with Gasteiger partial charge in [-0.05, 0) is 42.3 Å². The molecule has 0 aliphatic carbocycles. The van der Waals surface area contributed by atoms with Crippen LogP contribution in [-0.2, 0) is 21.5 Å². The second-order valence-electron chi connectivity index (χ2n) is 5.73. The highest BCUT2D eigenvalue weighted by molar-refractivity contribution is 7.07. The van der Waals surface area contributed by atoms with Crippen LogP contribution in [0, 0.1) is 0 Å². The lowest BCUT2D eigenvalue weighted by molar-refractivity contribution is -0.122. The smallest absolute Gasteiger partial charge is 0.339 e. The first-order valence-corrected chi connectivity index (χ1v) is 7.81. The fraction of sp³-hybridized carbons (Fsp3) is 0.312. The minimum absolute atomic E-state index is 0.0109. The van der Waals surface area contributed by atoms with Gasteiger partial charge in [-0.15, -0.1) is 0 Å². The molecule has 2 aromatic heterocycles. The highest BCUT2D eigenvalue weighted by Crippen LogP contribution is 2.41. The first kappa shape index (κ1) is 14.7. The summed E-state index contributed by atoms with van der Waals surface area (Å²) in [5.41, 5.74) is 2.09. The molecule has 1 aliphatic heterocycles. The third-order valence-corrected chi connectivity index (χ3v) is 4.60. The molecule has 0 atom stereocenters. The average molecular weight is 316 g/mol. The van der Waals surface area contributed by atoms with Crippen molar-refractivity contribution in [3.63, 3.8) is 0 Å². The van der Waals surface area contributed by atoms with Crippen molar-refractivity contribution in [1.82, 2.24) is 4.98 Å². The summed E-state index contributed by atoms with van der Waals surface area (Å²) in [4.78, 5) is 30.5. The van der Waals surface area contributed by atoms with Crippen molar-refractivity contribution in [2.24, 2.45) is 0 Å². The Morgan fingerprint density at radius 1 is 1.45 bits per heavy atom. The number of hydrogen-bond donors (Lipinski definition) is 0. The maximum absolute atomic E-state index is 12.7. The summed E-state index contributed by atoms with van der Waals surface area (Å²) in [6, 6.07) is 3.67. The van der Waals surface area contributed by atoms with E-state index in [1.54, 1.807) is 22.3 Å². The van der Waals surface area contributed by atoms with Crippen molar-refractivity contribution in [3.05, 3.63) is 45.9 Å². The maximum Gasteiger partial charge on any atom is 0.339 e. The molecule has 22 heavy (non-hydrogen) atoms. The van der Waals surface area contributed by atoms with Crippen molar-refractivity contribution < 1.29 is 14.3 Å². The molecule has 6 heteroatoms. The van der Waals surface area contributed by atoms with Crippen LogP contribution >= 0.6 is 11.3 Å². The van der Waals surface area contributed by atoms with E-state index in [4.69, 9.17) is 4.74 Å². The monoisotopic (exact) mass is 316 g/mol. The molecular weight excluding hydrogens is 300 g/mol. The fourth-order valence-corrected chi connectivity index (χ4v) is 3.30. The highest BCUT2D eigenvalue weighted by atomic mass is 32.1. The normalized spacial score (nSPS) is 15.8. The van der Waals surface area contributed by atoms with Crippen molar-refractivity contribution in [3.8, 4) is 0 Å². The molecule has 2 aromatic rings. The van der Waals surface area contributed by atoms with E-state index in [1.807, 2.05) is 30.7 Å². The van der Waals surface area contributed by atoms with E-state index in [2.05, 4.69) is 4.98 Å². The van der Waals surface area contributed by atoms with E-state index in [0.717, 1.165) is 5.56 Å². The molecule has 0 radical (unpaired) electrons. The van der Waals surface area contributed by atoms with Crippen LogP contribution in [0.15, 0.2) is 29.1 Å². The molecular formula is C16H16N2O3S. The number of carbonyl (C=O) groups is 2. The summed E-state index contributed by atoms with van der Waals surface area (Å²) >= 11 is 1.59. The van der Waals surface area contributed by atoms with Crippen molar-refractivity contribution in [1.29, 1.82) is 0 Å². The van der Waals surface area contributed by atoms with Gasteiger partial charge in [0.25, 0.3) is 0 Å². The number of esters is 1. The molecule has 3 rings (SSSR count). The van der Waals surface area contributed by atoms with Crippen LogP contribution in [0.2, 0.25) is 0 Å². The van der Waals surface area contributed by atoms with Gasteiger partial charge in [0.1, 0.15) is 0 Å². The van der Waals surface area contributed by atoms with Crippen LogP contribution in [0.5, 0.6) is 0 Å². The number of aromatic nitrogens is 1. The Kier molecular flexibility index (Phi) is 3.48. The van der Waals surface area contributed by atoms with E-state index in [0.29, 0.717) is 23.5 Å². The molecule has 0 aromatic carbocycles. The summed E-state index contributed by atoms with van der Waals surface area (Å²) in [6.07, 6.45) is 1.47. The highest BCUT2D eigenvalue weighted by Gasteiger charge is 2.45. The summed E-state index contributed by atoms with van der Waals surface area (Å²) in [5, 5.41) is 3.99. The van der Waals surface area contributed by atoms with Crippen molar-refractivity contribution in [2.75, 3.05) is 12.0 Å². The van der Waals surface area contributed by atoms with E-state index in [9.17, 15) is 9.59 Å². The van der Waals surface area contributed by atoms with Gasteiger partial charge in [-0.2, -0.15) is 11.3 Å². The Morgan fingerprint density at radius 2 is 2.23 bits per heavy atom. The second kappa shape index (κ2) is 5.21. The van der Waals surface area contributed by atoms with Crippen LogP contribution in [0.3, 0.4) is 0 Å². The quantitative estimate of drug-likeness (QED) is 0.817. The van der Waals surface area contributed by atoms with Crippen LogP contribution in [0.25, 0.3) is 0 Å². The number of anilines is 1. The van der Waals surface area contributed by atoms with E-state index < -0.39 is 11.4 Å². The molecule has 0 saturated carbocycles. The molecule has 1 amide bonds.